The molecule has 17 heavy (non-hydrogen) atoms. The second kappa shape index (κ2) is 6.96. The molecule has 1 atom stereocenters. The molecule has 91 valence electrons. The standard InChI is InChI=1S/C12H16N3OS/c1-9(6-11(13)16)7-12(17)15-8-10-2-4-14-5-3-10/h2-5,7,9H,6,8H2,1H3,(H2,13,16)(H,15,17)/t9-/m1/s1. The average molecular weight is 250 g/mol. The summed E-state index contributed by atoms with van der Waals surface area (Å²) in [6, 6.07) is 3.84. The van der Waals surface area contributed by atoms with Gasteiger partial charge in [-0.1, -0.05) is 19.1 Å². The molecular weight excluding hydrogens is 234 g/mol. The van der Waals surface area contributed by atoms with Crippen LogP contribution >= 0.6 is 12.2 Å². The molecule has 0 aliphatic rings. The van der Waals surface area contributed by atoms with Crippen LogP contribution in [0.25, 0.3) is 0 Å². The number of nitrogens with two attached hydrogens (primary N) is 1. The summed E-state index contributed by atoms with van der Waals surface area (Å²) in [5.41, 5.74) is 6.21. The van der Waals surface area contributed by atoms with Crippen molar-refractivity contribution in [2.75, 3.05) is 0 Å². The fourth-order valence-electron chi connectivity index (χ4n) is 1.38. The van der Waals surface area contributed by atoms with E-state index >= 15 is 0 Å². The van der Waals surface area contributed by atoms with Gasteiger partial charge in [-0.3, -0.25) is 9.78 Å². The van der Waals surface area contributed by atoms with Crippen LogP contribution in [0.15, 0.2) is 24.5 Å². The van der Waals surface area contributed by atoms with E-state index in [1.807, 2.05) is 25.5 Å². The molecule has 0 saturated carbocycles. The Morgan fingerprint density at radius 2 is 2.24 bits per heavy atom. The fourth-order valence-corrected chi connectivity index (χ4v) is 1.69. The van der Waals surface area contributed by atoms with Crippen LogP contribution < -0.4 is 11.1 Å². The Kier molecular flexibility index (Phi) is 5.56. The second-order valence-corrected chi connectivity index (χ2v) is 4.33. The molecule has 0 saturated heterocycles. The average Bonchev–Trinajstić information content (AvgIpc) is 2.26. The first-order chi connectivity index (χ1) is 8.08. The van der Waals surface area contributed by atoms with E-state index in [0.29, 0.717) is 18.0 Å². The first-order valence-corrected chi connectivity index (χ1v) is 5.78. The zero-order chi connectivity index (χ0) is 12.7. The number of carbonyl (C=O) groups is 1. The molecule has 0 unspecified atom stereocenters. The molecule has 0 aliphatic heterocycles. The maximum atomic E-state index is 10.7. The lowest BCUT2D eigenvalue weighted by Crippen LogP contribution is -2.25. The summed E-state index contributed by atoms with van der Waals surface area (Å²) < 4.78 is 0. The smallest absolute Gasteiger partial charge is 0.217 e. The summed E-state index contributed by atoms with van der Waals surface area (Å²) in [7, 11) is 0. The van der Waals surface area contributed by atoms with Crippen molar-refractivity contribution in [1.82, 2.24) is 10.3 Å². The number of hydrogen-bond acceptors (Lipinski definition) is 3. The number of amides is 1. The van der Waals surface area contributed by atoms with Crippen molar-refractivity contribution in [3.05, 3.63) is 36.5 Å². The van der Waals surface area contributed by atoms with Crippen molar-refractivity contribution in [1.29, 1.82) is 0 Å². The minimum Gasteiger partial charge on any atom is -0.375 e. The van der Waals surface area contributed by atoms with E-state index in [2.05, 4.69) is 10.3 Å². The first-order valence-electron chi connectivity index (χ1n) is 5.38. The molecule has 3 N–H and O–H groups in total. The van der Waals surface area contributed by atoms with Crippen molar-refractivity contribution >= 4 is 23.1 Å². The zero-order valence-corrected chi connectivity index (χ0v) is 10.5. The summed E-state index contributed by atoms with van der Waals surface area (Å²) in [5, 5.41) is 3.10. The van der Waals surface area contributed by atoms with E-state index < -0.39 is 0 Å². The lowest BCUT2D eigenvalue weighted by atomic mass is 10.0. The van der Waals surface area contributed by atoms with Crippen LogP contribution in [0.4, 0.5) is 0 Å². The van der Waals surface area contributed by atoms with Crippen molar-refractivity contribution in [3.8, 4) is 0 Å². The maximum Gasteiger partial charge on any atom is 0.217 e. The number of pyridine rings is 1. The summed E-state index contributed by atoms with van der Waals surface area (Å²) in [6.07, 6.45) is 5.62. The van der Waals surface area contributed by atoms with Gasteiger partial charge < -0.3 is 11.1 Å². The number of thiocarbonyl (C=S) groups is 1. The van der Waals surface area contributed by atoms with Gasteiger partial charge in [-0.05, 0) is 23.6 Å². The van der Waals surface area contributed by atoms with E-state index in [9.17, 15) is 4.79 Å². The van der Waals surface area contributed by atoms with Gasteiger partial charge in [0.15, 0.2) is 0 Å². The SMILES string of the molecule is C[C@@H]([CH]C(=S)NCc1ccncc1)CC(N)=O. The Balaban J connectivity index is 2.28. The second-order valence-electron chi connectivity index (χ2n) is 3.89. The highest BCUT2D eigenvalue weighted by molar-refractivity contribution is 7.80. The highest BCUT2D eigenvalue weighted by atomic mass is 32.1. The van der Waals surface area contributed by atoms with E-state index in [1.165, 1.54) is 0 Å². The predicted molar refractivity (Wildman–Crippen MR) is 71.0 cm³/mol. The first kappa shape index (κ1) is 13.6. The Labute approximate surface area is 107 Å². The van der Waals surface area contributed by atoms with Crippen LogP contribution in [-0.4, -0.2) is 15.9 Å². The Morgan fingerprint density at radius 1 is 1.59 bits per heavy atom. The topological polar surface area (TPSA) is 68.0 Å². The molecule has 0 aromatic carbocycles. The third-order valence-electron chi connectivity index (χ3n) is 2.18. The lowest BCUT2D eigenvalue weighted by Gasteiger charge is -2.11. The summed E-state index contributed by atoms with van der Waals surface area (Å²) in [6.45, 7) is 2.56. The van der Waals surface area contributed by atoms with Gasteiger partial charge in [0.2, 0.25) is 5.91 Å². The molecule has 0 aliphatic carbocycles. The number of carbonyl (C=O) groups excluding carboxylic acids is 1. The zero-order valence-electron chi connectivity index (χ0n) is 9.72. The molecule has 0 fully saturated rings. The molecule has 5 heteroatoms. The van der Waals surface area contributed by atoms with Crippen LogP contribution in [0.1, 0.15) is 18.9 Å². The van der Waals surface area contributed by atoms with Gasteiger partial charge in [0.1, 0.15) is 0 Å². The summed E-state index contributed by atoms with van der Waals surface area (Å²) >= 11 is 5.15. The van der Waals surface area contributed by atoms with Crippen LogP contribution in [0.5, 0.6) is 0 Å². The summed E-state index contributed by atoms with van der Waals surface area (Å²) in [5.74, 6) is -0.254. The van der Waals surface area contributed by atoms with E-state index in [4.69, 9.17) is 18.0 Å². The Bertz CT molecular complexity index is 381. The van der Waals surface area contributed by atoms with E-state index in [0.717, 1.165) is 5.56 Å². The van der Waals surface area contributed by atoms with Gasteiger partial charge in [0.25, 0.3) is 0 Å². The molecule has 1 heterocycles. The number of hydrogen-bond donors (Lipinski definition) is 2. The van der Waals surface area contributed by atoms with Gasteiger partial charge in [-0.15, -0.1) is 0 Å². The monoisotopic (exact) mass is 250 g/mol. The van der Waals surface area contributed by atoms with E-state index in [-0.39, 0.29) is 11.8 Å². The van der Waals surface area contributed by atoms with Gasteiger partial charge >= 0.3 is 0 Å². The van der Waals surface area contributed by atoms with Gasteiger partial charge in [0.05, 0.1) is 4.99 Å². The van der Waals surface area contributed by atoms with Crippen molar-refractivity contribution in [3.63, 3.8) is 0 Å². The van der Waals surface area contributed by atoms with Crippen LogP contribution in [0, 0.1) is 12.3 Å². The largest absolute Gasteiger partial charge is 0.375 e. The molecule has 1 aromatic rings. The van der Waals surface area contributed by atoms with Crippen molar-refractivity contribution < 1.29 is 4.79 Å². The Morgan fingerprint density at radius 3 is 2.82 bits per heavy atom. The maximum absolute atomic E-state index is 10.7. The van der Waals surface area contributed by atoms with Gasteiger partial charge in [-0.25, -0.2) is 0 Å². The highest BCUT2D eigenvalue weighted by Gasteiger charge is 2.09. The lowest BCUT2D eigenvalue weighted by molar-refractivity contribution is -0.118. The molecule has 0 bridgehead atoms. The van der Waals surface area contributed by atoms with Gasteiger partial charge in [0, 0.05) is 31.8 Å². The fraction of sp³-hybridized carbons (Fsp3) is 0.333. The quantitative estimate of drug-likeness (QED) is 0.745. The minimum absolute atomic E-state index is 0.0601. The normalized spacial score (nSPS) is 11.8. The Hall–Kier alpha value is -1.49. The molecular formula is C12H16N3OS. The molecule has 4 nitrogen and oxygen atoms in total. The van der Waals surface area contributed by atoms with Crippen LogP contribution in [0.2, 0.25) is 0 Å². The molecule has 1 amide bonds. The summed E-state index contributed by atoms with van der Waals surface area (Å²) in [4.78, 5) is 15.3. The molecule has 1 rings (SSSR count). The molecule has 0 spiro atoms. The van der Waals surface area contributed by atoms with Crippen molar-refractivity contribution in [2.45, 2.75) is 19.9 Å². The highest BCUT2D eigenvalue weighted by Crippen LogP contribution is 2.06. The molecule has 1 aromatic heterocycles. The van der Waals surface area contributed by atoms with Crippen molar-refractivity contribution in [2.24, 2.45) is 11.7 Å². The number of rotatable bonds is 6. The predicted octanol–water partition coefficient (Wildman–Crippen LogP) is 1.21. The van der Waals surface area contributed by atoms with Crippen LogP contribution in [-0.2, 0) is 11.3 Å². The van der Waals surface area contributed by atoms with Crippen LogP contribution in [0.3, 0.4) is 0 Å². The number of aromatic nitrogens is 1. The molecule has 1 radical (unpaired) electrons. The number of primary amides is 1. The number of nitrogens with zero attached hydrogens (tertiary/aromatic N) is 1. The third-order valence-corrected chi connectivity index (χ3v) is 2.46. The number of nitrogens with one attached hydrogen (secondary N) is 1. The minimum atomic E-state index is -0.314. The van der Waals surface area contributed by atoms with E-state index in [1.54, 1.807) is 12.4 Å². The van der Waals surface area contributed by atoms with Gasteiger partial charge in [-0.2, -0.15) is 0 Å². The third kappa shape index (κ3) is 5.97.